The maximum Gasteiger partial charge on any atom is 0.306 e. The Balaban J connectivity index is 3.69. The Kier molecular flexibility index (Phi) is 6.77. The Morgan fingerprint density at radius 2 is 1.44 bits per heavy atom. The van der Waals surface area contributed by atoms with Gasteiger partial charge in [0.25, 0.3) is 0 Å². The van der Waals surface area contributed by atoms with Gasteiger partial charge in [-0.05, 0) is 18.8 Å². The highest BCUT2D eigenvalue weighted by Crippen LogP contribution is 2.19. The third kappa shape index (κ3) is 6.43. The van der Waals surface area contributed by atoms with Crippen LogP contribution in [0.3, 0.4) is 0 Å². The molecule has 0 radical (unpaired) electrons. The van der Waals surface area contributed by atoms with Crippen LogP contribution in [0.4, 0.5) is 0 Å². The highest BCUT2D eigenvalue weighted by Gasteiger charge is 2.16. The molecule has 4 heteroatoms. The van der Waals surface area contributed by atoms with E-state index in [1.165, 1.54) is 0 Å². The van der Waals surface area contributed by atoms with Gasteiger partial charge < -0.3 is 10.2 Å². The fourth-order valence-corrected chi connectivity index (χ4v) is 1.72. The summed E-state index contributed by atoms with van der Waals surface area (Å²) in [6.07, 6.45) is 3.08. The lowest BCUT2D eigenvalue weighted by molar-refractivity contribution is -0.142. The normalized spacial score (nSPS) is 16.4. The van der Waals surface area contributed by atoms with Crippen molar-refractivity contribution in [2.45, 2.75) is 46.5 Å². The molecule has 0 amide bonds. The molecule has 4 nitrogen and oxygen atoms in total. The third-order valence-electron chi connectivity index (χ3n) is 2.93. The zero-order valence-corrected chi connectivity index (χ0v) is 10.3. The first-order valence-corrected chi connectivity index (χ1v) is 5.80. The average Bonchev–Trinajstić information content (AvgIpc) is 2.16. The fraction of sp³-hybridized carbons (Fsp3) is 0.833. The van der Waals surface area contributed by atoms with Crippen LogP contribution in [0.15, 0.2) is 0 Å². The van der Waals surface area contributed by atoms with Crippen LogP contribution in [0.2, 0.25) is 0 Å². The van der Waals surface area contributed by atoms with E-state index >= 15 is 0 Å². The monoisotopic (exact) mass is 230 g/mol. The summed E-state index contributed by atoms with van der Waals surface area (Å²) in [5, 5.41) is 17.4. The Hall–Kier alpha value is -1.06. The molecule has 0 aliphatic rings. The molecular weight excluding hydrogens is 208 g/mol. The standard InChI is InChI=1S/C12H22O4/c1-8(7-10(3)12(15)16)5-4-6-9(2)11(13)14/h8-10H,4-7H2,1-3H3,(H,13,14)(H,15,16). The first-order valence-electron chi connectivity index (χ1n) is 5.80. The first kappa shape index (κ1) is 14.9. The second-order valence-corrected chi connectivity index (χ2v) is 4.75. The Labute approximate surface area is 96.7 Å². The fourth-order valence-electron chi connectivity index (χ4n) is 1.72. The van der Waals surface area contributed by atoms with Crippen LogP contribution in [-0.4, -0.2) is 22.2 Å². The molecule has 0 aromatic rings. The van der Waals surface area contributed by atoms with Gasteiger partial charge in [0.15, 0.2) is 0 Å². The lowest BCUT2D eigenvalue weighted by atomic mass is 9.91. The van der Waals surface area contributed by atoms with Crippen molar-refractivity contribution < 1.29 is 19.8 Å². The van der Waals surface area contributed by atoms with Gasteiger partial charge >= 0.3 is 11.9 Å². The van der Waals surface area contributed by atoms with E-state index in [1.54, 1.807) is 13.8 Å². The van der Waals surface area contributed by atoms with Crippen LogP contribution in [0.5, 0.6) is 0 Å². The van der Waals surface area contributed by atoms with Crippen molar-refractivity contribution in [2.75, 3.05) is 0 Å². The van der Waals surface area contributed by atoms with E-state index in [4.69, 9.17) is 10.2 Å². The van der Waals surface area contributed by atoms with Gasteiger partial charge in [0, 0.05) is 0 Å². The first-order chi connectivity index (χ1) is 7.34. The summed E-state index contributed by atoms with van der Waals surface area (Å²) < 4.78 is 0. The molecule has 94 valence electrons. The van der Waals surface area contributed by atoms with Crippen molar-refractivity contribution in [3.63, 3.8) is 0 Å². The Morgan fingerprint density at radius 3 is 1.88 bits per heavy atom. The summed E-state index contributed by atoms with van der Waals surface area (Å²) in [7, 11) is 0. The van der Waals surface area contributed by atoms with Crippen LogP contribution in [0.25, 0.3) is 0 Å². The molecule has 0 bridgehead atoms. The van der Waals surface area contributed by atoms with E-state index in [-0.39, 0.29) is 11.8 Å². The zero-order chi connectivity index (χ0) is 12.7. The Morgan fingerprint density at radius 1 is 0.938 bits per heavy atom. The third-order valence-corrected chi connectivity index (χ3v) is 2.93. The quantitative estimate of drug-likeness (QED) is 0.672. The number of carbonyl (C=O) groups is 2. The second-order valence-electron chi connectivity index (χ2n) is 4.75. The van der Waals surface area contributed by atoms with E-state index in [2.05, 4.69) is 0 Å². The van der Waals surface area contributed by atoms with Crippen LogP contribution in [0, 0.1) is 17.8 Å². The number of carboxylic acids is 2. The molecule has 3 unspecified atom stereocenters. The maximum atomic E-state index is 10.6. The predicted octanol–water partition coefficient (Wildman–Crippen LogP) is 2.62. The van der Waals surface area contributed by atoms with Crippen molar-refractivity contribution in [1.82, 2.24) is 0 Å². The van der Waals surface area contributed by atoms with Gasteiger partial charge in [0.05, 0.1) is 11.8 Å². The number of aliphatic carboxylic acids is 2. The summed E-state index contributed by atoms with van der Waals surface area (Å²) >= 11 is 0. The topological polar surface area (TPSA) is 74.6 Å². The van der Waals surface area contributed by atoms with E-state index in [0.717, 1.165) is 12.8 Å². The average molecular weight is 230 g/mol. The Bertz CT molecular complexity index is 237. The summed E-state index contributed by atoms with van der Waals surface area (Å²) in [6, 6.07) is 0. The van der Waals surface area contributed by atoms with Crippen molar-refractivity contribution >= 4 is 11.9 Å². The SMILES string of the molecule is CC(CCCC(C)C(=O)O)CC(C)C(=O)O. The molecule has 0 fully saturated rings. The van der Waals surface area contributed by atoms with Crippen LogP contribution in [0.1, 0.15) is 46.5 Å². The van der Waals surface area contributed by atoms with E-state index in [9.17, 15) is 9.59 Å². The molecule has 3 atom stereocenters. The second kappa shape index (κ2) is 7.25. The van der Waals surface area contributed by atoms with Crippen molar-refractivity contribution in [3.05, 3.63) is 0 Å². The molecule has 0 aromatic heterocycles. The minimum Gasteiger partial charge on any atom is -0.481 e. The molecule has 0 rings (SSSR count). The molecule has 0 saturated heterocycles. The molecule has 0 aliphatic carbocycles. The lowest BCUT2D eigenvalue weighted by Gasteiger charge is -2.14. The molecule has 0 spiro atoms. The van der Waals surface area contributed by atoms with Crippen molar-refractivity contribution in [2.24, 2.45) is 17.8 Å². The highest BCUT2D eigenvalue weighted by atomic mass is 16.4. The minimum absolute atomic E-state index is 0.302. The molecule has 16 heavy (non-hydrogen) atoms. The molecule has 0 saturated carbocycles. The number of hydrogen-bond donors (Lipinski definition) is 2. The van der Waals surface area contributed by atoms with Gasteiger partial charge in [-0.15, -0.1) is 0 Å². The minimum atomic E-state index is -0.759. The van der Waals surface area contributed by atoms with Crippen LogP contribution >= 0.6 is 0 Å². The number of carboxylic acid groups (broad SMARTS) is 2. The summed E-state index contributed by atoms with van der Waals surface area (Å²) in [5.41, 5.74) is 0. The van der Waals surface area contributed by atoms with Gasteiger partial charge in [-0.1, -0.05) is 33.6 Å². The largest absolute Gasteiger partial charge is 0.481 e. The predicted molar refractivity (Wildman–Crippen MR) is 61.2 cm³/mol. The van der Waals surface area contributed by atoms with Gasteiger partial charge in [-0.25, -0.2) is 0 Å². The van der Waals surface area contributed by atoms with Crippen molar-refractivity contribution in [1.29, 1.82) is 0 Å². The highest BCUT2D eigenvalue weighted by molar-refractivity contribution is 5.69. The smallest absolute Gasteiger partial charge is 0.306 e. The van der Waals surface area contributed by atoms with Gasteiger partial charge in [0.1, 0.15) is 0 Å². The lowest BCUT2D eigenvalue weighted by Crippen LogP contribution is -2.14. The molecule has 0 aromatic carbocycles. The molecule has 2 N–H and O–H groups in total. The molecular formula is C12H22O4. The maximum absolute atomic E-state index is 10.6. The van der Waals surface area contributed by atoms with E-state index in [1.807, 2.05) is 6.92 Å². The molecule has 0 aliphatic heterocycles. The summed E-state index contributed by atoms with van der Waals surface area (Å²) in [4.78, 5) is 21.2. The van der Waals surface area contributed by atoms with Crippen molar-refractivity contribution in [3.8, 4) is 0 Å². The number of rotatable bonds is 8. The van der Waals surface area contributed by atoms with E-state index < -0.39 is 11.9 Å². The van der Waals surface area contributed by atoms with E-state index in [0.29, 0.717) is 18.8 Å². The van der Waals surface area contributed by atoms with Gasteiger partial charge in [-0.3, -0.25) is 9.59 Å². The summed E-state index contributed by atoms with van der Waals surface area (Å²) in [5.74, 6) is -1.79. The molecule has 0 heterocycles. The number of hydrogen-bond acceptors (Lipinski definition) is 2. The van der Waals surface area contributed by atoms with Crippen LogP contribution in [-0.2, 0) is 9.59 Å². The summed E-state index contributed by atoms with van der Waals surface area (Å²) in [6.45, 7) is 5.43. The van der Waals surface area contributed by atoms with Crippen LogP contribution < -0.4 is 0 Å². The van der Waals surface area contributed by atoms with Gasteiger partial charge in [0.2, 0.25) is 0 Å². The zero-order valence-electron chi connectivity index (χ0n) is 10.3. The van der Waals surface area contributed by atoms with Gasteiger partial charge in [-0.2, -0.15) is 0 Å².